The summed E-state index contributed by atoms with van der Waals surface area (Å²) in [5.41, 5.74) is 12.1. The number of hydrogen-bond donors (Lipinski definition) is 5. The highest BCUT2D eigenvalue weighted by Crippen LogP contribution is 2.17. The maximum absolute atomic E-state index is 12.2. The van der Waals surface area contributed by atoms with Gasteiger partial charge in [-0.1, -0.05) is 12.1 Å². The van der Waals surface area contributed by atoms with Crippen LogP contribution < -0.4 is 21.5 Å². The summed E-state index contributed by atoms with van der Waals surface area (Å²) in [5.74, 6) is -3.23. The van der Waals surface area contributed by atoms with Crippen LogP contribution in [-0.4, -0.2) is 52.8 Å². The molecule has 0 unspecified atom stereocenters. The van der Waals surface area contributed by atoms with Crippen molar-refractivity contribution < 1.29 is 38.9 Å². The highest BCUT2D eigenvalue weighted by molar-refractivity contribution is 5.91. The lowest BCUT2D eigenvalue weighted by molar-refractivity contribution is -0.145. The van der Waals surface area contributed by atoms with Gasteiger partial charge in [-0.3, -0.25) is 4.79 Å². The highest BCUT2D eigenvalue weighted by Gasteiger charge is 2.23. The van der Waals surface area contributed by atoms with E-state index in [1.807, 2.05) is 5.32 Å². The predicted octanol–water partition coefficient (Wildman–Crippen LogP) is 1.01. The van der Waals surface area contributed by atoms with Crippen LogP contribution in [0.1, 0.15) is 22.3 Å². The smallest absolute Gasteiger partial charge is 0.407 e. The molecule has 1 amide bonds. The Morgan fingerprint density at radius 2 is 1.61 bits per heavy atom. The molecule has 0 heterocycles. The van der Waals surface area contributed by atoms with Gasteiger partial charge in [0, 0.05) is 6.42 Å². The monoisotopic (exact) mass is 458 g/mol. The van der Waals surface area contributed by atoms with Gasteiger partial charge in [-0.15, -0.1) is 0 Å². The van der Waals surface area contributed by atoms with E-state index in [1.165, 1.54) is 12.1 Å². The second kappa shape index (κ2) is 11.7. The molecule has 0 bridgehead atoms. The zero-order valence-electron chi connectivity index (χ0n) is 17.3. The lowest BCUT2D eigenvalue weighted by Gasteiger charge is -2.12. The minimum atomic E-state index is -1.59. The van der Waals surface area contributed by atoms with E-state index in [0.717, 1.165) is 5.56 Å². The first-order chi connectivity index (χ1) is 15.6. The van der Waals surface area contributed by atoms with Crippen molar-refractivity contribution in [2.45, 2.75) is 18.9 Å². The number of rotatable bonds is 10. The van der Waals surface area contributed by atoms with Crippen molar-refractivity contribution in [3.05, 3.63) is 59.7 Å². The van der Waals surface area contributed by atoms with Gasteiger partial charge in [0.1, 0.15) is 11.8 Å². The van der Waals surface area contributed by atoms with Gasteiger partial charge in [0.25, 0.3) is 0 Å². The summed E-state index contributed by atoms with van der Waals surface area (Å²) in [7, 11) is 0. The third-order valence-corrected chi connectivity index (χ3v) is 4.09. The van der Waals surface area contributed by atoms with Gasteiger partial charge in [-0.05, 0) is 42.0 Å². The Bertz CT molecular complexity index is 1030. The topological polar surface area (TPSA) is 204 Å². The average molecular weight is 458 g/mol. The van der Waals surface area contributed by atoms with Gasteiger partial charge >= 0.3 is 24.0 Å². The summed E-state index contributed by atoms with van der Waals surface area (Å²) in [6.45, 7) is -0.0769. The van der Waals surface area contributed by atoms with Crippen LogP contribution in [0.4, 0.5) is 10.5 Å². The Morgan fingerprint density at radius 3 is 2.15 bits per heavy atom. The third-order valence-electron chi connectivity index (χ3n) is 4.09. The first-order valence-corrected chi connectivity index (χ1v) is 9.52. The summed E-state index contributed by atoms with van der Waals surface area (Å²) in [6, 6.07) is 11.0. The number of guanidine groups is 1. The third kappa shape index (κ3) is 8.57. The first-order valence-electron chi connectivity index (χ1n) is 9.52. The van der Waals surface area contributed by atoms with Gasteiger partial charge in [0.15, 0.2) is 5.96 Å². The molecule has 1 atom stereocenters. The van der Waals surface area contributed by atoms with E-state index < -0.39 is 36.5 Å². The van der Waals surface area contributed by atoms with Crippen molar-refractivity contribution in [1.82, 2.24) is 5.32 Å². The summed E-state index contributed by atoms with van der Waals surface area (Å²) in [4.78, 5) is 49.3. The number of carbonyl (C=O) groups excluding carboxylic acids is 2. The van der Waals surface area contributed by atoms with E-state index in [0.29, 0.717) is 23.4 Å². The Morgan fingerprint density at radius 1 is 0.970 bits per heavy atom. The minimum Gasteiger partial charge on any atom is -0.481 e. The minimum absolute atomic E-state index is 0.0769. The molecule has 2 aromatic carbocycles. The summed E-state index contributed by atoms with van der Waals surface area (Å²) >= 11 is 0. The Hall–Kier alpha value is -4.61. The van der Waals surface area contributed by atoms with Crippen LogP contribution in [0.3, 0.4) is 0 Å². The average Bonchev–Trinajstić information content (AvgIpc) is 2.74. The summed E-state index contributed by atoms with van der Waals surface area (Å²) in [6.07, 6.45) is -1.52. The quantitative estimate of drug-likeness (QED) is 0.148. The van der Waals surface area contributed by atoms with Gasteiger partial charge in [-0.2, -0.15) is 0 Å². The number of hydrogen-bond acceptors (Lipinski definition) is 7. The molecule has 0 aliphatic heterocycles. The second-order valence-corrected chi connectivity index (χ2v) is 6.64. The van der Waals surface area contributed by atoms with E-state index in [-0.39, 0.29) is 12.6 Å². The maximum atomic E-state index is 12.2. The SMILES string of the molecule is NC(N)=Nc1ccc(C(=O)Oc2ccc(CCOC(=O)N[C@@H](CC(=O)O)C(=O)O)cc2)cc1. The molecular weight excluding hydrogens is 436 g/mol. The second-order valence-electron chi connectivity index (χ2n) is 6.64. The Kier molecular flexibility index (Phi) is 8.74. The molecule has 174 valence electrons. The van der Waals surface area contributed by atoms with E-state index >= 15 is 0 Å². The molecule has 0 aromatic heterocycles. The number of carbonyl (C=O) groups is 4. The van der Waals surface area contributed by atoms with Gasteiger partial charge < -0.3 is 36.5 Å². The molecule has 12 nitrogen and oxygen atoms in total. The van der Waals surface area contributed by atoms with Crippen LogP contribution >= 0.6 is 0 Å². The number of ether oxygens (including phenoxy) is 2. The lowest BCUT2D eigenvalue weighted by Crippen LogP contribution is -2.42. The normalized spacial score (nSPS) is 11.0. The van der Waals surface area contributed by atoms with E-state index in [4.69, 9.17) is 31.2 Å². The molecule has 2 aromatic rings. The molecule has 0 saturated heterocycles. The Balaban J connectivity index is 1.82. The molecular formula is C21H22N4O8. The fraction of sp³-hybridized carbons (Fsp3) is 0.190. The van der Waals surface area contributed by atoms with E-state index in [1.54, 1.807) is 36.4 Å². The molecule has 0 aliphatic rings. The van der Waals surface area contributed by atoms with Crippen LogP contribution in [-0.2, 0) is 20.7 Å². The summed E-state index contributed by atoms with van der Waals surface area (Å²) in [5, 5.41) is 19.5. The highest BCUT2D eigenvalue weighted by atomic mass is 16.5. The van der Waals surface area contributed by atoms with E-state index in [2.05, 4.69) is 4.99 Å². The van der Waals surface area contributed by atoms with Crippen LogP contribution in [0.25, 0.3) is 0 Å². The van der Waals surface area contributed by atoms with Crippen molar-refractivity contribution in [2.75, 3.05) is 6.61 Å². The van der Waals surface area contributed by atoms with Crippen molar-refractivity contribution in [3.63, 3.8) is 0 Å². The summed E-state index contributed by atoms with van der Waals surface area (Å²) < 4.78 is 10.2. The number of nitrogens with one attached hydrogen (secondary N) is 1. The first kappa shape index (κ1) is 24.7. The molecule has 33 heavy (non-hydrogen) atoms. The van der Waals surface area contributed by atoms with Crippen molar-refractivity contribution in [3.8, 4) is 5.75 Å². The van der Waals surface area contributed by atoms with Crippen LogP contribution in [0, 0.1) is 0 Å². The lowest BCUT2D eigenvalue weighted by atomic mass is 10.1. The van der Waals surface area contributed by atoms with Gasteiger partial charge in [0.05, 0.1) is 24.3 Å². The number of aliphatic carboxylic acids is 2. The number of benzene rings is 2. The standard InChI is InChI=1S/C21H22N4O8/c22-20(23)24-14-5-3-13(4-6-14)19(30)33-15-7-1-12(2-8-15)9-10-32-21(31)25-16(18(28)29)11-17(26)27/h1-8,16H,9-11H2,(H,25,31)(H,26,27)(H,28,29)(H4,22,23,24)/t16-/m0/s1. The van der Waals surface area contributed by atoms with E-state index in [9.17, 15) is 19.2 Å². The molecule has 12 heteroatoms. The number of aliphatic imine (C=N–C) groups is 1. The maximum Gasteiger partial charge on any atom is 0.407 e. The molecule has 0 aliphatic carbocycles. The number of alkyl carbamates (subject to hydrolysis) is 1. The van der Waals surface area contributed by atoms with Gasteiger partial charge in [-0.25, -0.2) is 19.4 Å². The number of carboxylic acid groups (broad SMARTS) is 2. The zero-order valence-corrected chi connectivity index (χ0v) is 17.3. The molecule has 0 spiro atoms. The fourth-order valence-electron chi connectivity index (χ4n) is 2.53. The largest absolute Gasteiger partial charge is 0.481 e. The fourth-order valence-corrected chi connectivity index (χ4v) is 2.53. The predicted molar refractivity (Wildman–Crippen MR) is 115 cm³/mol. The molecule has 2 rings (SSSR count). The zero-order chi connectivity index (χ0) is 24.4. The number of nitrogens with two attached hydrogens (primary N) is 2. The van der Waals surface area contributed by atoms with Crippen LogP contribution in [0.2, 0.25) is 0 Å². The number of nitrogens with zero attached hydrogens (tertiary/aromatic N) is 1. The molecule has 7 N–H and O–H groups in total. The van der Waals surface area contributed by atoms with Crippen molar-refractivity contribution >= 4 is 35.6 Å². The van der Waals surface area contributed by atoms with Crippen molar-refractivity contribution in [1.29, 1.82) is 0 Å². The van der Waals surface area contributed by atoms with Crippen molar-refractivity contribution in [2.24, 2.45) is 16.5 Å². The molecule has 0 fully saturated rings. The number of carboxylic acids is 2. The van der Waals surface area contributed by atoms with Crippen LogP contribution in [0.5, 0.6) is 5.75 Å². The van der Waals surface area contributed by atoms with Crippen LogP contribution in [0.15, 0.2) is 53.5 Å². The molecule has 0 radical (unpaired) electrons. The number of esters is 1. The van der Waals surface area contributed by atoms with Gasteiger partial charge in [0.2, 0.25) is 0 Å². The number of amides is 1. The molecule has 0 saturated carbocycles. The Labute approximate surface area is 187 Å².